The number of benzene rings is 2. The lowest BCUT2D eigenvalue weighted by molar-refractivity contribution is -0.116. The van der Waals surface area contributed by atoms with Gasteiger partial charge < -0.3 is 11.1 Å². The molecule has 0 heterocycles. The SMILES string of the molecule is NC(=O)c1ccc(NC(=O)CCCc2ccccc2Cl)cc1. The fraction of sp³-hybridized carbons (Fsp3) is 0.176. The second kappa shape index (κ2) is 7.61. The molecule has 0 aliphatic rings. The van der Waals surface area contributed by atoms with Crippen molar-refractivity contribution >= 4 is 29.1 Å². The van der Waals surface area contributed by atoms with Crippen molar-refractivity contribution in [2.24, 2.45) is 5.73 Å². The van der Waals surface area contributed by atoms with Crippen molar-refractivity contribution < 1.29 is 9.59 Å². The van der Waals surface area contributed by atoms with E-state index in [9.17, 15) is 9.59 Å². The summed E-state index contributed by atoms with van der Waals surface area (Å²) in [4.78, 5) is 22.8. The topological polar surface area (TPSA) is 72.2 Å². The predicted molar refractivity (Wildman–Crippen MR) is 88.0 cm³/mol. The predicted octanol–water partition coefficient (Wildman–Crippen LogP) is 3.40. The Morgan fingerprint density at radius 3 is 2.36 bits per heavy atom. The summed E-state index contributed by atoms with van der Waals surface area (Å²) in [7, 11) is 0. The zero-order valence-electron chi connectivity index (χ0n) is 12.0. The standard InChI is InChI=1S/C17H17ClN2O2/c18-15-6-2-1-4-12(15)5-3-7-16(21)20-14-10-8-13(9-11-14)17(19)22/h1-2,4,6,8-11H,3,5,7H2,(H2,19,22)(H,20,21). The van der Waals surface area contributed by atoms with E-state index >= 15 is 0 Å². The van der Waals surface area contributed by atoms with Gasteiger partial charge in [-0.2, -0.15) is 0 Å². The smallest absolute Gasteiger partial charge is 0.248 e. The minimum atomic E-state index is -0.488. The molecule has 0 spiro atoms. The molecule has 0 atom stereocenters. The zero-order valence-corrected chi connectivity index (χ0v) is 12.8. The van der Waals surface area contributed by atoms with E-state index in [0.717, 1.165) is 23.4 Å². The number of nitrogens with one attached hydrogen (secondary N) is 1. The summed E-state index contributed by atoms with van der Waals surface area (Å²) in [6.07, 6.45) is 1.88. The van der Waals surface area contributed by atoms with Gasteiger partial charge in [0.25, 0.3) is 0 Å². The Hall–Kier alpha value is -2.33. The van der Waals surface area contributed by atoms with Crippen LogP contribution in [0.4, 0.5) is 5.69 Å². The van der Waals surface area contributed by atoms with E-state index < -0.39 is 5.91 Å². The summed E-state index contributed by atoms with van der Waals surface area (Å²) in [5.41, 5.74) is 7.27. The normalized spacial score (nSPS) is 10.2. The maximum Gasteiger partial charge on any atom is 0.248 e. The van der Waals surface area contributed by atoms with Crippen molar-refractivity contribution in [2.45, 2.75) is 19.3 Å². The van der Waals surface area contributed by atoms with Crippen LogP contribution in [-0.4, -0.2) is 11.8 Å². The number of hydrogen-bond donors (Lipinski definition) is 2. The fourth-order valence-corrected chi connectivity index (χ4v) is 2.31. The highest BCUT2D eigenvalue weighted by Gasteiger charge is 2.05. The van der Waals surface area contributed by atoms with Crippen LogP contribution in [0.3, 0.4) is 0 Å². The molecule has 2 amide bonds. The molecule has 2 rings (SSSR count). The first kappa shape index (κ1) is 16.0. The number of amides is 2. The van der Waals surface area contributed by atoms with Crippen molar-refractivity contribution in [3.8, 4) is 0 Å². The first-order valence-corrected chi connectivity index (χ1v) is 7.37. The monoisotopic (exact) mass is 316 g/mol. The second-order valence-electron chi connectivity index (χ2n) is 4.93. The fourth-order valence-electron chi connectivity index (χ4n) is 2.08. The van der Waals surface area contributed by atoms with Gasteiger partial charge in [-0.1, -0.05) is 29.8 Å². The molecule has 22 heavy (non-hydrogen) atoms. The summed E-state index contributed by atoms with van der Waals surface area (Å²) in [5.74, 6) is -0.559. The Kier molecular flexibility index (Phi) is 5.55. The zero-order chi connectivity index (χ0) is 15.9. The molecular formula is C17H17ClN2O2. The van der Waals surface area contributed by atoms with E-state index in [4.69, 9.17) is 17.3 Å². The van der Waals surface area contributed by atoms with Gasteiger partial charge in [-0.05, 0) is 48.7 Å². The van der Waals surface area contributed by atoms with Crippen LogP contribution >= 0.6 is 11.6 Å². The van der Waals surface area contributed by atoms with Crippen LogP contribution in [0, 0.1) is 0 Å². The average molecular weight is 317 g/mol. The van der Waals surface area contributed by atoms with E-state index in [1.165, 1.54) is 0 Å². The largest absolute Gasteiger partial charge is 0.366 e. The number of primary amides is 1. The van der Waals surface area contributed by atoms with E-state index in [1.807, 2.05) is 24.3 Å². The van der Waals surface area contributed by atoms with Crippen LogP contribution in [0.5, 0.6) is 0 Å². The molecule has 5 heteroatoms. The van der Waals surface area contributed by atoms with Crippen molar-refractivity contribution in [1.82, 2.24) is 0 Å². The van der Waals surface area contributed by atoms with Crippen LogP contribution in [0.2, 0.25) is 5.02 Å². The van der Waals surface area contributed by atoms with Gasteiger partial charge in [-0.25, -0.2) is 0 Å². The lowest BCUT2D eigenvalue weighted by atomic mass is 10.1. The molecule has 3 N–H and O–H groups in total. The highest BCUT2D eigenvalue weighted by atomic mass is 35.5. The summed E-state index contributed by atoms with van der Waals surface area (Å²) >= 11 is 6.07. The molecule has 114 valence electrons. The van der Waals surface area contributed by atoms with Crippen molar-refractivity contribution in [1.29, 1.82) is 0 Å². The van der Waals surface area contributed by atoms with Gasteiger partial charge in [0.1, 0.15) is 0 Å². The minimum Gasteiger partial charge on any atom is -0.366 e. The number of nitrogens with two attached hydrogens (primary N) is 1. The first-order chi connectivity index (χ1) is 10.6. The number of carbonyl (C=O) groups excluding carboxylic acids is 2. The lowest BCUT2D eigenvalue weighted by Crippen LogP contribution is -2.13. The van der Waals surface area contributed by atoms with E-state index in [1.54, 1.807) is 24.3 Å². The number of rotatable bonds is 6. The summed E-state index contributed by atoms with van der Waals surface area (Å²) in [6.45, 7) is 0. The molecule has 0 unspecified atom stereocenters. The van der Waals surface area contributed by atoms with Gasteiger partial charge in [0.2, 0.25) is 11.8 Å². The molecule has 2 aromatic rings. The molecular weight excluding hydrogens is 300 g/mol. The van der Waals surface area contributed by atoms with Gasteiger partial charge in [0.15, 0.2) is 0 Å². The Balaban J connectivity index is 1.80. The molecule has 0 saturated carbocycles. The summed E-state index contributed by atoms with van der Waals surface area (Å²) in [5, 5.41) is 3.51. The summed E-state index contributed by atoms with van der Waals surface area (Å²) in [6, 6.07) is 14.1. The van der Waals surface area contributed by atoms with E-state index in [0.29, 0.717) is 17.7 Å². The molecule has 0 aliphatic carbocycles. The Bertz CT molecular complexity index is 669. The molecule has 0 aromatic heterocycles. The second-order valence-corrected chi connectivity index (χ2v) is 5.34. The van der Waals surface area contributed by atoms with Crippen LogP contribution in [0.15, 0.2) is 48.5 Å². The van der Waals surface area contributed by atoms with E-state index in [2.05, 4.69) is 5.32 Å². The molecule has 0 saturated heterocycles. The first-order valence-electron chi connectivity index (χ1n) is 6.99. The van der Waals surface area contributed by atoms with Gasteiger partial charge >= 0.3 is 0 Å². The van der Waals surface area contributed by atoms with Crippen LogP contribution < -0.4 is 11.1 Å². The van der Waals surface area contributed by atoms with Crippen molar-refractivity contribution in [3.05, 3.63) is 64.7 Å². The number of hydrogen-bond acceptors (Lipinski definition) is 2. The molecule has 2 aromatic carbocycles. The third-order valence-electron chi connectivity index (χ3n) is 3.26. The number of anilines is 1. The van der Waals surface area contributed by atoms with Crippen molar-refractivity contribution in [3.63, 3.8) is 0 Å². The summed E-state index contributed by atoms with van der Waals surface area (Å²) < 4.78 is 0. The highest BCUT2D eigenvalue weighted by molar-refractivity contribution is 6.31. The average Bonchev–Trinajstić information content (AvgIpc) is 2.50. The van der Waals surface area contributed by atoms with Crippen LogP contribution in [0.1, 0.15) is 28.8 Å². The van der Waals surface area contributed by atoms with Crippen LogP contribution in [-0.2, 0) is 11.2 Å². The number of aryl methyl sites for hydroxylation is 1. The van der Waals surface area contributed by atoms with Crippen molar-refractivity contribution in [2.75, 3.05) is 5.32 Å². The third kappa shape index (κ3) is 4.60. The number of halogens is 1. The van der Waals surface area contributed by atoms with Gasteiger partial charge in [-0.3, -0.25) is 9.59 Å². The highest BCUT2D eigenvalue weighted by Crippen LogP contribution is 2.17. The Labute approximate surface area is 134 Å². The quantitative estimate of drug-likeness (QED) is 0.857. The Morgan fingerprint density at radius 1 is 1.05 bits per heavy atom. The molecule has 0 bridgehead atoms. The number of carbonyl (C=O) groups is 2. The van der Waals surface area contributed by atoms with Gasteiger partial charge in [-0.15, -0.1) is 0 Å². The molecule has 4 nitrogen and oxygen atoms in total. The molecule has 0 fully saturated rings. The van der Waals surface area contributed by atoms with Gasteiger partial charge in [0.05, 0.1) is 0 Å². The molecule has 0 radical (unpaired) electrons. The molecule has 0 aliphatic heterocycles. The minimum absolute atomic E-state index is 0.0705. The third-order valence-corrected chi connectivity index (χ3v) is 3.63. The lowest BCUT2D eigenvalue weighted by Gasteiger charge is -2.06. The van der Waals surface area contributed by atoms with Crippen LogP contribution in [0.25, 0.3) is 0 Å². The maximum atomic E-state index is 11.9. The Morgan fingerprint density at radius 2 is 1.73 bits per heavy atom. The maximum absolute atomic E-state index is 11.9. The van der Waals surface area contributed by atoms with E-state index in [-0.39, 0.29) is 5.91 Å². The van der Waals surface area contributed by atoms with Gasteiger partial charge in [0, 0.05) is 22.7 Å².